The molecule has 0 aliphatic carbocycles. The third kappa shape index (κ3) is 11.4. The van der Waals surface area contributed by atoms with E-state index in [2.05, 4.69) is 12.2 Å². The summed E-state index contributed by atoms with van der Waals surface area (Å²) in [4.78, 5) is 12.2. The molecular weight excluding hydrogens is 346 g/mol. The molecule has 0 saturated carbocycles. The van der Waals surface area contributed by atoms with Gasteiger partial charge in [0, 0.05) is 12.1 Å². The van der Waals surface area contributed by atoms with Gasteiger partial charge < -0.3 is 10.1 Å². The molecule has 0 saturated heterocycles. The van der Waals surface area contributed by atoms with E-state index in [1.165, 1.54) is 83.5 Å². The first-order valence-corrected chi connectivity index (χ1v) is 11.6. The monoisotopic (exact) mass is 389 g/mol. The molecule has 0 atom stereocenters. The number of unbranched alkanes of at least 4 members (excludes halogenated alkanes) is 13. The molecule has 0 unspecified atom stereocenters. The van der Waals surface area contributed by atoms with Crippen molar-refractivity contribution in [3.8, 4) is 5.75 Å². The fourth-order valence-corrected chi connectivity index (χ4v) is 3.64. The molecule has 1 aromatic carbocycles. The molecule has 3 nitrogen and oxygen atoms in total. The van der Waals surface area contributed by atoms with Crippen LogP contribution in [-0.4, -0.2) is 19.6 Å². The number of aryl methyl sites for hydroxylation is 1. The largest absolute Gasteiger partial charge is 0.496 e. The van der Waals surface area contributed by atoms with Crippen LogP contribution >= 0.6 is 0 Å². The molecule has 0 heterocycles. The van der Waals surface area contributed by atoms with Crippen molar-refractivity contribution in [2.24, 2.45) is 0 Å². The van der Waals surface area contributed by atoms with Gasteiger partial charge in [-0.1, -0.05) is 90.4 Å². The Hall–Kier alpha value is -1.51. The van der Waals surface area contributed by atoms with Crippen molar-refractivity contribution >= 4 is 5.91 Å². The van der Waals surface area contributed by atoms with E-state index < -0.39 is 0 Å². The number of nitrogens with one attached hydrogen (secondary N) is 1. The quantitative estimate of drug-likeness (QED) is 0.286. The van der Waals surface area contributed by atoms with Gasteiger partial charge in [-0.2, -0.15) is 0 Å². The van der Waals surface area contributed by atoms with Gasteiger partial charge in [0.05, 0.1) is 7.11 Å². The first kappa shape index (κ1) is 24.5. The van der Waals surface area contributed by atoms with Crippen LogP contribution in [0.4, 0.5) is 0 Å². The Labute approximate surface area is 173 Å². The van der Waals surface area contributed by atoms with Gasteiger partial charge in [-0.15, -0.1) is 0 Å². The molecule has 28 heavy (non-hydrogen) atoms. The van der Waals surface area contributed by atoms with Crippen molar-refractivity contribution < 1.29 is 9.53 Å². The van der Waals surface area contributed by atoms with Crippen molar-refractivity contribution in [2.75, 3.05) is 13.7 Å². The van der Waals surface area contributed by atoms with Crippen LogP contribution in [0, 0.1) is 6.92 Å². The molecule has 0 spiro atoms. The molecule has 1 amide bonds. The second-order valence-corrected chi connectivity index (χ2v) is 8.04. The van der Waals surface area contributed by atoms with Gasteiger partial charge >= 0.3 is 0 Å². The van der Waals surface area contributed by atoms with E-state index in [-0.39, 0.29) is 5.91 Å². The SMILES string of the molecule is CCCCCCCCCCCCCCCCNC(=O)c1ccc(OC)c(C)c1. The third-order valence-electron chi connectivity index (χ3n) is 5.47. The summed E-state index contributed by atoms with van der Waals surface area (Å²) in [5.41, 5.74) is 1.70. The summed E-state index contributed by atoms with van der Waals surface area (Å²) in [7, 11) is 1.65. The lowest BCUT2D eigenvalue weighted by Crippen LogP contribution is -2.24. The molecule has 0 fully saturated rings. The molecule has 1 rings (SSSR count). The van der Waals surface area contributed by atoms with E-state index in [4.69, 9.17) is 4.74 Å². The lowest BCUT2D eigenvalue weighted by atomic mass is 10.0. The van der Waals surface area contributed by atoms with Gasteiger partial charge in [0.2, 0.25) is 0 Å². The Balaban J connectivity index is 1.91. The molecule has 0 aliphatic heterocycles. The second kappa shape index (κ2) is 16.4. The fourth-order valence-electron chi connectivity index (χ4n) is 3.64. The first-order valence-electron chi connectivity index (χ1n) is 11.6. The lowest BCUT2D eigenvalue weighted by Gasteiger charge is -2.08. The Morgan fingerprint density at radius 3 is 1.79 bits per heavy atom. The standard InChI is InChI=1S/C25H43NO2/c1-4-5-6-7-8-9-10-11-12-13-14-15-16-17-20-26-25(27)23-18-19-24(28-3)22(2)21-23/h18-19,21H,4-17,20H2,1-3H3,(H,26,27). The van der Waals surface area contributed by atoms with E-state index in [0.29, 0.717) is 5.56 Å². The molecular formula is C25H43NO2. The molecule has 0 bridgehead atoms. The average molecular weight is 390 g/mol. The zero-order valence-corrected chi connectivity index (χ0v) is 18.7. The maximum atomic E-state index is 12.2. The summed E-state index contributed by atoms with van der Waals surface area (Å²) in [6.07, 6.45) is 19.0. The van der Waals surface area contributed by atoms with Crippen molar-refractivity contribution in [3.63, 3.8) is 0 Å². The van der Waals surface area contributed by atoms with Crippen LogP contribution in [0.15, 0.2) is 18.2 Å². The first-order chi connectivity index (χ1) is 13.7. The Morgan fingerprint density at radius 1 is 0.821 bits per heavy atom. The van der Waals surface area contributed by atoms with Crippen LogP contribution in [0.25, 0.3) is 0 Å². The van der Waals surface area contributed by atoms with Gasteiger partial charge in [0.15, 0.2) is 0 Å². The highest BCUT2D eigenvalue weighted by Crippen LogP contribution is 2.18. The van der Waals surface area contributed by atoms with Crippen LogP contribution in [0.3, 0.4) is 0 Å². The van der Waals surface area contributed by atoms with Crippen molar-refractivity contribution in [3.05, 3.63) is 29.3 Å². The Bertz CT molecular complexity index is 527. The second-order valence-electron chi connectivity index (χ2n) is 8.04. The summed E-state index contributed by atoms with van der Waals surface area (Å²) in [5, 5.41) is 3.03. The van der Waals surface area contributed by atoms with Crippen LogP contribution in [0.1, 0.15) is 113 Å². The molecule has 1 aromatic rings. The fraction of sp³-hybridized carbons (Fsp3) is 0.720. The van der Waals surface area contributed by atoms with Gasteiger partial charge in [0.25, 0.3) is 5.91 Å². The number of carbonyl (C=O) groups excluding carboxylic acids is 1. The topological polar surface area (TPSA) is 38.3 Å². The van der Waals surface area contributed by atoms with Gasteiger partial charge in [-0.3, -0.25) is 4.79 Å². The molecule has 0 aliphatic rings. The van der Waals surface area contributed by atoms with Crippen LogP contribution in [-0.2, 0) is 0 Å². The van der Waals surface area contributed by atoms with Crippen molar-refractivity contribution in [1.29, 1.82) is 0 Å². The summed E-state index contributed by atoms with van der Waals surface area (Å²) in [5.74, 6) is 0.837. The molecule has 0 radical (unpaired) electrons. The zero-order chi connectivity index (χ0) is 20.5. The maximum absolute atomic E-state index is 12.2. The van der Waals surface area contributed by atoms with Crippen LogP contribution in [0.2, 0.25) is 0 Å². The highest BCUT2D eigenvalue weighted by atomic mass is 16.5. The highest BCUT2D eigenvalue weighted by Gasteiger charge is 2.07. The molecule has 3 heteroatoms. The van der Waals surface area contributed by atoms with Crippen molar-refractivity contribution in [2.45, 2.75) is 104 Å². The highest BCUT2D eigenvalue weighted by molar-refractivity contribution is 5.94. The molecule has 160 valence electrons. The van der Waals surface area contributed by atoms with Crippen LogP contribution < -0.4 is 10.1 Å². The predicted molar refractivity (Wildman–Crippen MR) is 120 cm³/mol. The minimum absolute atomic E-state index is 0.0143. The average Bonchev–Trinajstić information content (AvgIpc) is 2.70. The number of hydrogen-bond acceptors (Lipinski definition) is 2. The normalized spacial score (nSPS) is 10.8. The Morgan fingerprint density at radius 2 is 1.32 bits per heavy atom. The number of ether oxygens (including phenoxy) is 1. The number of amides is 1. The summed E-state index contributed by atoms with van der Waals surface area (Å²) in [6, 6.07) is 5.57. The lowest BCUT2D eigenvalue weighted by molar-refractivity contribution is 0.0953. The number of hydrogen-bond donors (Lipinski definition) is 1. The minimum Gasteiger partial charge on any atom is -0.496 e. The number of carbonyl (C=O) groups is 1. The number of benzene rings is 1. The zero-order valence-electron chi connectivity index (χ0n) is 18.7. The summed E-state index contributed by atoms with van der Waals surface area (Å²) in [6.45, 7) is 5.00. The third-order valence-corrected chi connectivity index (χ3v) is 5.47. The predicted octanol–water partition coefficient (Wildman–Crippen LogP) is 7.21. The van der Waals surface area contributed by atoms with Gasteiger partial charge in [-0.25, -0.2) is 0 Å². The minimum atomic E-state index is 0.0143. The number of rotatable bonds is 17. The van der Waals surface area contributed by atoms with Crippen LogP contribution in [0.5, 0.6) is 5.75 Å². The smallest absolute Gasteiger partial charge is 0.251 e. The van der Waals surface area contributed by atoms with Gasteiger partial charge in [-0.05, 0) is 37.1 Å². The Kier molecular flexibility index (Phi) is 14.4. The van der Waals surface area contributed by atoms with E-state index in [0.717, 1.165) is 24.3 Å². The summed E-state index contributed by atoms with van der Waals surface area (Å²) >= 11 is 0. The maximum Gasteiger partial charge on any atom is 0.251 e. The van der Waals surface area contributed by atoms with E-state index in [1.54, 1.807) is 7.11 Å². The van der Waals surface area contributed by atoms with E-state index in [1.807, 2.05) is 25.1 Å². The van der Waals surface area contributed by atoms with E-state index in [9.17, 15) is 4.79 Å². The molecule has 0 aromatic heterocycles. The van der Waals surface area contributed by atoms with Gasteiger partial charge in [0.1, 0.15) is 5.75 Å². The number of methoxy groups -OCH3 is 1. The van der Waals surface area contributed by atoms with E-state index >= 15 is 0 Å². The molecule has 1 N–H and O–H groups in total. The van der Waals surface area contributed by atoms with Crippen molar-refractivity contribution in [1.82, 2.24) is 5.32 Å². The summed E-state index contributed by atoms with van der Waals surface area (Å²) < 4.78 is 5.24.